The van der Waals surface area contributed by atoms with Gasteiger partial charge in [0.05, 0.1) is 21.6 Å². The second-order valence-electron chi connectivity index (χ2n) is 9.54. The van der Waals surface area contributed by atoms with Gasteiger partial charge in [-0.1, -0.05) is 72.3 Å². The van der Waals surface area contributed by atoms with E-state index in [-0.39, 0.29) is 28.8 Å². The van der Waals surface area contributed by atoms with Gasteiger partial charge in [-0.25, -0.2) is 12.7 Å². The van der Waals surface area contributed by atoms with E-state index in [0.29, 0.717) is 23.1 Å². The van der Waals surface area contributed by atoms with Crippen LogP contribution in [0.1, 0.15) is 45.2 Å². The molecule has 192 valence electrons. The topological polar surface area (TPSA) is 91.8 Å². The molecule has 0 saturated carbocycles. The molecule has 0 radical (unpaired) electrons. The second-order valence-corrected chi connectivity index (χ2v) is 11.3. The van der Waals surface area contributed by atoms with E-state index in [2.05, 4.69) is 0 Å². The Morgan fingerprint density at radius 2 is 1.37 bits per heavy atom. The largest absolute Gasteiger partial charge is 0.274 e. The molecular formula is C30H26N2O5S. The van der Waals surface area contributed by atoms with Gasteiger partial charge >= 0.3 is 0 Å². The molecule has 38 heavy (non-hydrogen) atoms. The lowest BCUT2D eigenvalue weighted by Gasteiger charge is -2.31. The quantitative estimate of drug-likeness (QED) is 0.331. The van der Waals surface area contributed by atoms with Crippen molar-refractivity contribution in [2.45, 2.75) is 30.7 Å². The Kier molecular flexibility index (Phi) is 6.36. The number of hydrogen-bond donors (Lipinski definition) is 0. The highest BCUT2D eigenvalue weighted by Crippen LogP contribution is 2.39. The van der Waals surface area contributed by atoms with Crippen LogP contribution >= 0.6 is 0 Å². The number of nitrogens with zero attached hydrogens (tertiary/aromatic N) is 2. The molecule has 0 fully saturated rings. The third-order valence-corrected chi connectivity index (χ3v) is 8.69. The first-order chi connectivity index (χ1) is 18.1. The molecule has 2 aliphatic heterocycles. The predicted molar refractivity (Wildman–Crippen MR) is 144 cm³/mol. The highest BCUT2D eigenvalue weighted by Gasteiger charge is 2.48. The van der Waals surface area contributed by atoms with Gasteiger partial charge in [0.2, 0.25) is 0 Å². The molecule has 3 aromatic carbocycles. The second kappa shape index (κ2) is 9.54. The van der Waals surface area contributed by atoms with Gasteiger partial charge in [-0.2, -0.15) is 0 Å². The van der Waals surface area contributed by atoms with Gasteiger partial charge in [0.25, 0.3) is 27.7 Å². The van der Waals surface area contributed by atoms with Crippen molar-refractivity contribution in [2.75, 3.05) is 6.54 Å². The average Bonchev–Trinajstić information content (AvgIpc) is 3.32. The summed E-state index contributed by atoms with van der Waals surface area (Å²) in [7, 11) is -4.20. The summed E-state index contributed by atoms with van der Waals surface area (Å²) in [6, 6.07) is 22.0. The minimum Gasteiger partial charge on any atom is -0.274 e. The zero-order valence-electron chi connectivity index (χ0n) is 21.0. The number of rotatable bonds is 7. The van der Waals surface area contributed by atoms with E-state index >= 15 is 0 Å². The first-order valence-corrected chi connectivity index (χ1v) is 13.7. The summed E-state index contributed by atoms with van der Waals surface area (Å²) in [6.45, 7) is 3.64. The summed E-state index contributed by atoms with van der Waals surface area (Å²) in [5, 5.41) is 0. The molecule has 0 saturated heterocycles. The number of sulfonamides is 1. The number of carbonyl (C=O) groups excluding carboxylic acids is 3. The van der Waals surface area contributed by atoms with Crippen LogP contribution in [0.5, 0.6) is 0 Å². The van der Waals surface area contributed by atoms with Gasteiger partial charge in [-0.3, -0.25) is 19.3 Å². The Labute approximate surface area is 221 Å². The van der Waals surface area contributed by atoms with Gasteiger partial charge in [0, 0.05) is 12.1 Å². The summed E-state index contributed by atoms with van der Waals surface area (Å²) < 4.78 is 28.4. The van der Waals surface area contributed by atoms with E-state index in [4.69, 9.17) is 0 Å². The zero-order valence-corrected chi connectivity index (χ0v) is 21.8. The summed E-state index contributed by atoms with van der Waals surface area (Å²) in [5.74, 6) is -1.32. The van der Waals surface area contributed by atoms with Crippen molar-refractivity contribution in [2.24, 2.45) is 0 Å². The lowest BCUT2D eigenvalue weighted by atomic mass is 9.99. The summed E-state index contributed by atoms with van der Waals surface area (Å²) in [6.07, 6.45) is 5.29. The van der Waals surface area contributed by atoms with Crippen molar-refractivity contribution in [1.29, 1.82) is 0 Å². The van der Waals surface area contributed by atoms with E-state index in [9.17, 15) is 22.8 Å². The molecule has 2 heterocycles. The van der Waals surface area contributed by atoms with E-state index in [1.807, 2.05) is 13.0 Å². The van der Waals surface area contributed by atoms with Crippen molar-refractivity contribution < 1.29 is 22.8 Å². The van der Waals surface area contributed by atoms with Crippen LogP contribution in [0.15, 0.2) is 102 Å². The molecule has 0 spiro atoms. The van der Waals surface area contributed by atoms with Crippen molar-refractivity contribution >= 4 is 33.3 Å². The minimum absolute atomic E-state index is 0.0183. The molecule has 0 aliphatic carbocycles. The van der Waals surface area contributed by atoms with E-state index in [0.717, 1.165) is 9.87 Å². The fourth-order valence-corrected chi connectivity index (χ4v) is 6.47. The first-order valence-electron chi connectivity index (χ1n) is 12.2. The molecule has 5 rings (SSSR count). The first kappa shape index (κ1) is 25.4. The SMILES string of the molecule is Cc1ccc(S(=O)(=O)N2C(=O)C(c3ccccc3)=C[C@]2(C)/C=C/CCN2C(=O)c3ccccc3C2=O)cc1. The van der Waals surface area contributed by atoms with E-state index < -0.39 is 21.5 Å². The van der Waals surface area contributed by atoms with Crippen LogP contribution in [-0.2, 0) is 14.8 Å². The smallest absolute Gasteiger partial charge is 0.269 e. The molecule has 1 atom stereocenters. The highest BCUT2D eigenvalue weighted by atomic mass is 32.2. The van der Waals surface area contributed by atoms with Crippen molar-refractivity contribution in [3.63, 3.8) is 0 Å². The molecule has 3 amide bonds. The predicted octanol–water partition coefficient (Wildman–Crippen LogP) is 4.61. The van der Waals surface area contributed by atoms with Crippen LogP contribution in [0, 0.1) is 6.92 Å². The highest BCUT2D eigenvalue weighted by molar-refractivity contribution is 7.89. The molecule has 0 bridgehead atoms. The fourth-order valence-electron chi connectivity index (χ4n) is 4.83. The molecule has 8 heteroatoms. The maximum atomic E-state index is 13.7. The van der Waals surface area contributed by atoms with Crippen LogP contribution in [0.25, 0.3) is 5.57 Å². The fraction of sp³-hybridized carbons (Fsp3) is 0.167. The normalized spacial score (nSPS) is 19.4. The third-order valence-electron chi connectivity index (χ3n) is 6.79. The van der Waals surface area contributed by atoms with Crippen LogP contribution in [0.2, 0.25) is 0 Å². The summed E-state index contributed by atoms with van der Waals surface area (Å²) >= 11 is 0. The Hall–Kier alpha value is -4.30. The third kappa shape index (κ3) is 4.26. The maximum Gasteiger partial charge on any atom is 0.269 e. The van der Waals surface area contributed by atoms with Crippen LogP contribution in [0.3, 0.4) is 0 Å². The molecule has 0 aromatic heterocycles. The summed E-state index contributed by atoms with van der Waals surface area (Å²) in [5.41, 5.74) is 1.25. The molecule has 3 aromatic rings. The van der Waals surface area contributed by atoms with Gasteiger partial charge in [-0.05, 0) is 56.2 Å². The zero-order chi connectivity index (χ0) is 27.1. The number of fused-ring (bicyclic) bond motifs is 1. The number of amides is 3. The van der Waals surface area contributed by atoms with Crippen molar-refractivity contribution in [3.05, 3.63) is 119 Å². The van der Waals surface area contributed by atoms with Crippen LogP contribution < -0.4 is 0 Å². The van der Waals surface area contributed by atoms with E-state index in [1.165, 1.54) is 17.0 Å². The van der Waals surface area contributed by atoms with Gasteiger partial charge < -0.3 is 0 Å². The molecule has 2 aliphatic rings. The van der Waals surface area contributed by atoms with Crippen LogP contribution in [-0.4, -0.2) is 47.4 Å². The molecule has 7 nitrogen and oxygen atoms in total. The number of aryl methyl sites for hydroxylation is 1. The molecule has 0 N–H and O–H groups in total. The summed E-state index contributed by atoms with van der Waals surface area (Å²) in [4.78, 5) is 40.1. The number of benzene rings is 3. The van der Waals surface area contributed by atoms with Crippen molar-refractivity contribution in [3.8, 4) is 0 Å². The van der Waals surface area contributed by atoms with Gasteiger partial charge in [0.1, 0.15) is 0 Å². The maximum absolute atomic E-state index is 13.7. The van der Waals surface area contributed by atoms with E-state index in [1.54, 1.807) is 85.8 Å². The molecule has 0 unspecified atom stereocenters. The van der Waals surface area contributed by atoms with Crippen LogP contribution in [0.4, 0.5) is 0 Å². The van der Waals surface area contributed by atoms with Gasteiger partial charge in [-0.15, -0.1) is 0 Å². The lowest BCUT2D eigenvalue weighted by molar-refractivity contribution is -0.121. The Bertz CT molecular complexity index is 1570. The number of hydrogen-bond acceptors (Lipinski definition) is 5. The monoisotopic (exact) mass is 526 g/mol. The minimum atomic E-state index is -4.20. The Morgan fingerprint density at radius 3 is 1.97 bits per heavy atom. The average molecular weight is 527 g/mol. The molecular weight excluding hydrogens is 500 g/mol. The number of carbonyl (C=O) groups is 3. The van der Waals surface area contributed by atoms with Crippen molar-refractivity contribution in [1.82, 2.24) is 9.21 Å². The standard InChI is InChI=1S/C30H26N2O5S/c1-21-14-16-23(17-15-21)38(36,37)32-29(35)26(22-10-4-3-5-11-22)20-30(32,2)18-8-9-19-31-27(33)24-12-6-7-13-25(24)28(31)34/h3-8,10-18,20H,9,19H2,1-2H3/b18-8+/t30-/m0/s1. The van der Waals surface area contributed by atoms with Gasteiger partial charge in [0.15, 0.2) is 0 Å². The number of imide groups is 1. The Balaban J connectivity index is 1.44. The Morgan fingerprint density at radius 1 is 0.789 bits per heavy atom. The lowest BCUT2D eigenvalue weighted by Crippen LogP contribution is -2.46.